The monoisotopic (exact) mass is 346 g/mol. The summed E-state index contributed by atoms with van der Waals surface area (Å²) in [5.74, 6) is 0.393. The third-order valence-corrected chi connectivity index (χ3v) is 2.79. The first kappa shape index (κ1) is 16.6. The van der Waals surface area contributed by atoms with Crippen molar-refractivity contribution in [3.05, 3.63) is 22.2 Å². The van der Waals surface area contributed by atoms with Gasteiger partial charge in [-0.3, -0.25) is 5.43 Å². The Morgan fingerprint density at radius 1 is 1.40 bits per heavy atom. The quantitative estimate of drug-likeness (QED) is 0.730. The van der Waals surface area contributed by atoms with Gasteiger partial charge in [0.25, 0.3) is 0 Å². The highest BCUT2D eigenvalue weighted by Gasteiger charge is 2.15. The van der Waals surface area contributed by atoms with Crippen molar-refractivity contribution in [1.82, 2.24) is 10.9 Å². The number of amides is 1. The number of phenols is 1. The van der Waals surface area contributed by atoms with Crippen molar-refractivity contribution in [3.63, 3.8) is 0 Å². The van der Waals surface area contributed by atoms with Gasteiger partial charge in [-0.2, -0.15) is 0 Å². The fourth-order valence-corrected chi connectivity index (χ4v) is 1.90. The third kappa shape index (κ3) is 5.26. The summed E-state index contributed by atoms with van der Waals surface area (Å²) >= 11 is 3.23. The lowest BCUT2D eigenvalue weighted by Gasteiger charge is -2.19. The number of hydrazine groups is 1. The smallest absolute Gasteiger partial charge is 0.422 e. The summed E-state index contributed by atoms with van der Waals surface area (Å²) in [4.78, 5) is 11.4. The minimum Gasteiger partial charge on any atom is -0.503 e. The highest BCUT2D eigenvalue weighted by molar-refractivity contribution is 9.10. The van der Waals surface area contributed by atoms with Crippen LogP contribution in [-0.2, 0) is 11.3 Å². The Morgan fingerprint density at radius 2 is 2.05 bits per heavy atom. The molecule has 7 heteroatoms. The standard InChI is InChI=1S/C13H19BrN2O4/c1-13(2,3)20-12(18)16-15-7-8-5-9(14)11(17)10(6-8)19-4/h5-6,15,17H,7H2,1-4H3,(H,16,18). The molecule has 20 heavy (non-hydrogen) atoms. The van der Waals surface area contributed by atoms with Crippen molar-refractivity contribution in [3.8, 4) is 11.5 Å². The summed E-state index contributed by atoms with van der Waals surface area (Å²) in [5.41, 5.74) is 5.45. The van der Waals surface area contributed by atoms with Crippen LogP contribution in [0, 0.1) is 0 Å². The highest BCUT2D eigenvalue weighted by atomic mass is 79.9. The van der Waals surface area contributed by atoms with Gasteiger partial charge in [-0.25, -0.2) is 10.2 Å². The number of phenolic OH excluding ortho intramolecular Hbond substituents is 1. The van der Waals surface area contributed by atoms with E-state index in [1.807, 2.05) is 0 Å². The molecule has 0 aliphatic rings. The molecule has 1 aromatic rings. The number of hydrogen-bond acceptors (Lipinski definition) is 5. The summed E-state index contributed by atoms with van der Waals surface area (Å²) in [7, 11) is 1.47. The van der Waals surface area contributed by atoms with Gasteiger partial charge in [-0.05, 0) is 54.4 Å². The molecule has 0 fully saturated rings. The van der Waals surface area contributed by atoms with Crippen LogP contribution in [-0.4, -0.2) is 23.9 Å². The van der Waals surface area contributed by atoms with E-state index in [1.54, 1.807) is 32.9 Å². The number of carbonyl (C=O) groups is 1. The van der Waals surface area contributed by atoms with Gasteiger partial charge in [-0.15, -0.1) is 0 Å². The van der Waals surface area contributed by atoms with Gasteiger partial charge in [0.05, 0.1) is 11.6 Å². The fraction of sp³-hybridized carbons (Fsp3) is 0.462. The normalized spacial score (nSPS) is 11.1. The molecule has 1 rings (SSSR count). The first-order chi connectivity index (χ1) is 9.23. The van der Waals surface area contributed by atoms with Gasteiger partial charge in [0.15, 0.2) is 11.5 Å². The Bertz CT molecular complexity index is 486. The Morgan fingerprint density at radius 3 is 2.60 bits per heavy atom. The molecule has 0 unspecified atom stereocenters. The lowest BCUT2D eigenvalue weighted by atomic mass is 10.2. The minimum absolute atomic E-state index is 0.0383. The van der Waals surface area contributed by atoms with Gasteiger partial charge in [0, 0.05) is 6.54 Å². The lowest BCUT2D eigenvalue weighted by Crippen LogP contribution is -2.40. The van der Waals surface area contributed by atoms with Crippen LogP contribution in [0.25, 0.3) is 0 Å². The molecule has 0 atom stereocenters. The van der Waals surface area contributed by atoms with Crippen LogP contribution in [0.3, 0.4) is 0 Å². The molecule has 1 aromatic carbocycles. The molecular formula is C13H19BrN2O4. The summed E-state index contributed by atoms with van der Waals surface area (Å²) in [5, 5.41) is 9.68. The molecule has 0 aromatic heterocycles. The minimum atomic E-state index is -0.553. The Kier molecular flexibility index (Phi) is 5.64. The van der Waals surface area contributed by atoms with E-state index < -0.39 is 11.7 Å². The van der Waals surface area contributed by atoms with Crippen LogP contribution >= 0.6 is 15.9 Å². The number of nitrogens with one attached hydrogen (secondary N) is 2. The molecule has 6 nitrogen and oxygen atoms in total. The van der Waals surface area contributed by atoms with Crippen LogP contribution in [0.5, 0.6) is 11.5 Å². The molecule has 0 spiro atoms. The van der Waals surface area contributed by atoms with Crippen LogP contribution in [0.1, 0.15) is 26.3 Å². The summed E-state index contributed by atoms with van der Waals surface area (Å²) < 4.78 is 10.6. The van der Waals surface area contributed by atoms with E-state index in [4.69, 9.17) is 9.47 Å². The van der Waals surface area contributed by atoms with Gasteiger partial charge < -0.3 is 14.6 Å². The summed E-state index contributed by atoms with van der Waals surface area (Å²) in [6.07, 6.45) is -0.553. The van der Waals surface area contributed by atoms with Crippen molar-refractivity contribution in [2.75, 3.05) is 7.11 Å². The third-order valence-electron chi connectivity index (χ3n) is 2.19. The zero-order chi connectivity index (χ0) is 15.3. The number of ether oxygens (including phenoxy) is 2. The molecule has 1 amide bonds. The maximum atomic E-state index is 11.4. The Labute approximate surface area is 126 Å². The fourth-order valence-electron chi connectivity index (χ4n) is 1.41. The summed E-state index contributed by atoms with van der Waals surface area (Å²) in [6.45, 7) is 5.71. The largest absolute Gasteiger partial charge is 0.503 e. The number of aromatic hydroxyl groups is 1. The zero-order valence-corrected chi connectivity index (χ0v) is 13.5. The first-order valence-corrected chi connectivity index (χ1v) is 6.79. The molecular weight excluding hydrogens is 328 g/mol. The van der Waals surface area contributed by atoms with Gasteiger partial charge in [-0.1, -0.05) is 0 Å². The number of hydrogen-bond donors (Lipinski definition) is 3. The molecule has 3 N–H and O–H groups in total. The van der Waals surface area contributed by atoms with Gasteiger partial charge >= 0.3 is 6.09 Å². The van der Waals surface area contributed by atoms with Crippen LogP contribution in [0.4, 0.5) is 4.79 Å². The summed E-state index contributed by atoms with van der Waals surface area (Å²) in [6, 6.07) is 3.39. The van der Waals surface area contributed by atoms with E-state index in [-0.39, 0.29) is 5.75 Å². The maximum absolute atomic E-state index is 11.4. The lowest BCUT2D eigenvalue weighted by molar-refractivity contribution is 0.0497. The Balaban J connectivity index is 2.54. The second-order valence-corrected chi connectivity index (χ2v) is 5.96. The number of benzene rings is 1. The molecule has 0 saturated carbocycles. The number of rotatable bonds is 4. The second-order valence-electron chi connectivity index (χ2n) is 5.11. The Hall–Kier alpha value is -1.47. The number of carbonyl (C=O) groups excluding carboxylic acids is 1. The van der Waals surface area contributed by atoms with E-state index in [1.165, 1.54) is 7.11 Å². The average molecular weight is 347 g/mol. The van der Waals surface area contributed by atoms with E-state index in [0.717, 1.165) is 5.56 Å². The SMILES string of the molecule is COc1cc(CNNC(=O)OC(C)(C)C)cc(Br)c1O. The molecule has 0 bridgehead atoms. The average Bonchev–Trinajstić information content (AvgIpc) is 2.31. The van der Waals surface area contributed by atoms with E-state index in [2.05, 4.69) is 26.8 Å². The van der Waals surface area contributed by atoms with E-state index in [0.29, 0.717) is 16.8 Å². The molecule has 0 aliphatic heterocycles. The predicted molar refractivity (Wildman–Crippen MR) is 78.6 cm³/mol. The molecule has 0 heterocycles. The first-order valence-electron chi connectivity index (χ1n) is 6.00. The predicted octanol–water partition coefficient (Wildman–Crippen LogP) is 2.69. The van der Waals surface area contributed by atoms with Crippen LogP contribution in [0.2, 0.25) is 0 Å². The van der Waals surface area contributed by atoms with Crippen molar-refractivity contribution < 1.29 is 19.4 Å². The molecule has 0 radical (unpaired) electrons. The van der Waals surface area contributed by atoms with Crippen LogP contribution in [0.15, 0.2) is 16.6 Å². The van der Waals surface area contributed by atoms with Gasteiger partial charge in [0.1, 0.15) is 5.60 Å². The van der Waals surface area contributed by atoms with E-state index in [9.17, 15) is 9.90 Å². The van der Waals surface area contributed by atoms with Crippen molar-refractivity contribution in [2.24, 2.45) is 0 Å². The highest BCUT2D eigenvalue weighted by Crippen LogP contribution is 2.35. The molecule has 112 valence electrons. The topological polar surface area (TPSA) is 79.8 Å². The van der Waals surface area contributed by atoms with Crippen molar-refractivity contribution in [1.29, 1.82) is 0 Å². The van der Waals surface area contributed by atoms with Gasteiger partial charge in [0.2, 0.25) is 0 Å². The number of methoxy groups -OCH3 is 1. The maximum Gasteiger partial charge on any atom is 0.422 e. The van der Waals surface area contributed by atoms with E-state index >= 15 is 0 Å². The van der Waals surface area contributed by atoms with Crippen molar-refractivity contribution >= 4 is 22.0 Å². The molecule has 0 saturated heterocycles. The second kappa shape index (κ2) is 6.81. The zero-order valence-electron chi connectivity index (χ0n) is 11.9. The number of halogens is 1. The van der Waals surface area contributed by atoms with Crippen LogP contribution < -0.4 is 15.6 Å². The molecule has 0 aliphatic carbocycles. The van der Waals surface area contributed by atoms with Crippen molar-refractivity contribution in [2.45, 2.75) is 32.9 Å².